The zero-order valence-electron chi connectivity index (χ0n) is 28.9. The maximum atomic E-state index is 6.46. The van der Waals surface area contributed by atoms with E-state index >= 15 is 0 Å². The number of benzene rings is 8. The van der Waals surface area contributed by atoms with Crippen LogP contribution in [0, 0.1) is 0 Å². The van der Waals surface area contributed by atoms with Crippen LogP contribution in [0.4, 0.5) is 0 Å². The molecule has 0 radical (unpaired) electrons. The number of fused-ring (bicyclic) bond motifs is 8. The van der Waals surface area contributed by atoms with Gasteiger partial charge in [0, 0.05) is 43.6 Å². The van der Waals surface area contributed by atoms with E-state index in [0.29, 0.717) is 17.5 Å². The van der Waals surface area contributed by atoms with Crippen LogP contribution in [0.15, 0.2) is 185 Å². The lowest BCUT2D eigenvalue weighted by atomic mass is 9.99. The third-order valence-electron chi connectivity index (χ3n) is 10.3. The fourth-order valence-corrected chi connectivity index (χ4v) is 7.66. The molecule has 0 N–H and O–H groups in total. The van der Waals surface area contributed by atoms with Crippen LogP contribution in [0.3, 0.4) is 0 Å². The van der Waals surface area contributed by atoms with Gasteiger partial charge >= 0.3 is 0 Å². The molecule has 0 aliphatic heterocycles. The summed E-state index contributed by atoms with van der Waals surface area (Å²) >= 11 is 0. The molecule has 0 saturated carbocycles. The van der Waals surface area contributed by atoms with Gasteiger partial charge in [-0.2, -0.15) is 0 Å². The van der Waals surface area contributed by atoms with Crippen LogP contribution < -0.4 is 0 Å². The van der Waals surface area contributed by atoms with Crippen LogP contribution in [0.5, 0.6) is 0 Å². The highest BCUT2D eigenvalue weighted by Gasteiger charge is 2.19. The predicted octanol–water partition coefficient (Wildman–Crippen LogP) is 13.2. The van der Waals surface area contributed by atoms with E-state index in [0.717, 1.165) is 88.2 Å². The number of furan rings is 2. The second-order valence-corrected chi connectivity index (χ2v) is 13.6. The molecule has 0 fully saturated rings. The van der Waals surface area contributed by atoms with Gasteiger partial charge in [0.2, 0.25) is 0 Å². The average molecular weight is 692 g/mol. The molecule has 5 nitrogen and oxygen atoms in total. The first kappa shape index (κ1) is 30.3. The maximum Gasteiger partial charge on any atom is 0.164 e. The van der Waals surface area contributed by atoms with E-state index in [-0.39, 0.29) is 0 Å². The lowest BCUT2D eigenvalue weighted by molar-refractivity contribution is 0.669. The molecular weight excluding hydrogens is 663 g/mol. The van der Waals surface area contributed by atoms with Crippen molar-refractivity contribution in [1.29, 1.82) is 0 Å². The summed E-state index contributed by atoms with van der Waals surface area (Å²) < 4.78 is 12.9. The van der Waals surface area contributed by atoms with Crippen LogP contribution in [0.25, 0.3) is 111 Å². The van der Waals surface area contributed by atoms with Gasteiger partial charge in [0.15, 0.2) is 17.5 Å². The highest BCUT2D eigenvalue weighted by atomic mass is 16.3. The molecule has 11 rings (SSSR count). The molecule has 0 aliphatic rings. The Kier molecular flexibility index (Phi) is 6.79. The second-order valence-electron chi connectivity index (χ2n) is 13.6. The molecule has 3 heterocycles. The van der Waals surface area contributed by atoms with E-state index in [2.05, 4.69) is 127 Å². The Bertz CT molecular complexity index is 3200. The van der Waals surface area contributed by atoms with Crippen LogP contribution in [-0.2, 0) is 0 Å². The number of rotatable bonds is 5. The smallest absolute Gasteiger partial charge is 0.164 e. The van der Waals surface area contributed by atoms with Crippen molar-refractivity contribution >= 4 is 54.6 Å². The lowest BCUT2D eigenvalue weighted by Crippen LogP contribution is -2.00. The Morgan fingerprint density at radius 3 is 1.65 bits per heavy atom. The third kappa shape index (κ3) is 4.98. The molecule has 0 bridgehead atoms. The highest BCUT2D eigenvalue weighted by molar-refractivity contribution is 6.16. The van der Waals surface area contributed by atoms with Gasteiger partial charge in [-0.1, -0.05) is 140 Å². The number of hydrogen-bond acceptors (Lipinski definition) is 5. The van der Waals surface area contributed by atoms with Crippen molar-refractivity contribution in [3.63, 3.8) is 0 Å². The van der Waals surface area contributed by atoms with Gasteiger partial charge in [0.1, 0.15) is 22.3 Å². The Morgan fingerprint density at radius 1 is 0.315 bits per heavy atom. The predicted molar refractivity (Wildman–Crippen MR) is 219 cm³/mol. The highest BCUT2D eigenvalue weighted by Crippen LogP contribution is 2.40. The molecule has 0 atom stereocenters. The minimum absolute atomic E-state index is 0.586. The molecule has 8 aromatic carbocycles. The molecular formula is C49H29N3O2. The molecule has 0 aliphatic carbocycles. The van der Waals surface area contributed by atoms with Gasteiger partial charge < -0.3 is 8.83 Å². The molecule has 0 spiro atoms. The monoisotopic (exact) mass is 691 g/mol. The van der Waals surface area contributed by atoms with Crippen molar-refractivity contribution in [3.8, 4) is 56.4 Å². The molecule has 252 valence electrons. The Balaban J connectivity index is 1.06. The SMILES string of the molecule is c1ccc(-c2ccc(-c3nc(-c4ccccc4)nc(-c4cccc5oc6ccc(-c7ccc8oc9c%10ccccc%10ccc9c8c7)cc6c45)n3)cc2)cc1. The summed E-state index contributed by atoms with van der Waals surface area (Å²) in [6.45, 7) is 0. The van der Waals surface area contributed by atoms with Gasteiger partial charge in [0.25, 0.3) is 0 Å². The summed E-state index contributed by atoms with van der Waals surface area (Å²) in [6, 6.07) is 60.4. The Hall–Kier alpha value is -7.37. The third-order valence-corrected chi connectivity index (χ3v) is 10.3. The fourth-order valence-electron chi connectivity index (χ4n) is 7.66. The summed E-state index contributed by atoms with van der Waals surface area (Å²) in [7, 11) is 0. The van der Waals surface area contributed by atoms with Gasteiger partial charge in [-0.3, -0.25) is 0 Å². The van der Waals surface area contributed by atoms with Crippen molar-refractivity contribution in [3.05, 3.63) is 176 Å². The number of nitrogens with zero attached hydrogens (tertiary/aromatic N) is 3. The van der Waals surface area contributed by atoms with E-state index in [1.165, 1.54) is 5.39 Å². The minimum atomic E-state index is 0.586. The van der Waals surface area contributed by atoms with Crippen LogP contribution in [0.2, 0.25) is 0 Å². The van der Waals surface area contributed by atoms with Crippen LogP contribution >= 0.6 is 0 Å². The molecule has 11 aromatic rings. The molecule has 54 heavy (non-hydrogen) atoms. The summed E-state index contributed by atoms with van der Waals surface area (Å²) in [6.07, 6.45) is 0. The average Bonchev–Trinajstić information content (AvgIpc) is 3.82. The second kappa shape index (κ2) is 12.1. The van der Waals surface area contributed by atoms with Gasteiger partial charge in [-0.05, 0) is 64.0 Å². The molecule has 3 aromatic heterocycles. The molecule has 0 unspecified atom stereocenters. The Morgan fingerprint density at radius 2 is 0.889 bits per heavy atom. The maximum absolute atomic E-state index is 6.46. The summed E-state index contributed by atoms with van der Waals surface area (Å²) in [4.78, 5) is 15.2. The van der Waals surface area contributed by atoms with Crippen LogP contribution in [-0.4, -0.2) is 15.0 Å². The van der Waals surface area contributed by atoms with Crippen molar-refractivity contribution < 1.29 is 8.83 Å². The summed E-state index contributed by atoms with van der Waals surface area (Å²) in [5, 5.41) is 6.45. The quantitative estimate of drug-likeness (QED) is 0.180. The molecule has 0 amide bonds. The Labute approximate surface area is 309 Å². The molecule has 0 saturated heterocycles. The summed E-state index contributed by atoms with van der Waals surface area (Å²) in [5.74, 6) is 1.81. The van der Waals surface area contributed by atoms with Crippen molar-refractivity contribution in [2.24, 2.45) is 0 Å². The van der Waals surface area contributed by atoms with E-state index in [4.69, 9.17) is 23.8 Å². The number of hydrogen-bond donors (Lipinski definition) is 0. The van der Waals surface area contributed by atoms with Crippen molar-refractivity contribution in [2.75, 3.05) is 0 Å². The first-order valence-electron chi connectivity index (χ1n) is 18.0. The zero-order valence-corrected chi connectivity index (χ0v) is 28.9. The van der Waals surface area contributed by atoms with Crippen molar-refractivity contribution in [2.45, 2.75) is 0 Å². The van der Waals surface area contributed by atoms with Gasteiger partial charge in [0.05, 0.1) is 0 Å². The minimum Gasteiger partial charge on any atom is -0.456 e. The van der Waals surface area contributed by atoms with E-state index in [1.807, 2.05) is 48.5 Å². The first-order valence-corrected chi connectivity index (χ1v) is 18.0. The lowest BCUT2D eigenvalue weighted by Gasteiger charge is -2.10. The van der Waals surface area contributed by atoms with Crippen LogP contribution in [0.1, 0.15) is 0 Å². The largest absolute Gasteiger partial charge is 0.456 e. The molecule has 5 heteroatoms. The first-order chi connectivity index (χ1) is 26.7. The van der Waals surface area contributed by atoms with E-state index in [9.17, 15) is 0 Å². The summed E-state index contributed by atoms with van der Waals surface area (Å²) in [5.41, 5.74) is 10.6. The van der Waals surface area contributed by atoms with Gasteiger partial charge in [-0.15, -0.1) is 0 Å². The van der Waals surface area contributed by atoms with Gasteiger partial charge in [-0.25, -0.2) is 15.0 Å². The normalized spacial score (nSPS) is 11.7. The van der Waals surface area contributed by atoms with E-state index in [1.54, 1.807) is 0 Å². The zero-order chi connectivity index (χ0) is 35.6. The standard InChI is InChI=1S/C49H29N3O2/c1-3-10-30(11-4-1)31-18-20-34(21-19-31)48-50-47(33-13-5-2-6-14-33)51-49(52-48)39-16-9-17-44-45(39)41-29-36(24-27-43(41)53-44)35-23-26-42-40(28-35)38-25-22-32-12-7-8-15-37(32)46(38)54-42/h1-29H. The number of aromatic nitrogens is 3. The topological polar surface area (TPSA) is 65.0 Å². The van der Waals surface area contributed by atoms with Crippen molar-refractivity contribution in [1.82, 2.24) is 15.0 Å². The van der Waals surface area contributed by atoms with E-state index < -0.39 is 0 Å². The fraction of sp³-hybridized carbons (Fsp3) is 0.